The van der Waals surface area contributed by atoms with Gasteiger partial charge < -0.3 is 9.64 Å². The number of carbonyl (C=O) groups excluding carboxylic acids is 2. The van der Waals surface area contributed by atoms with Gasteiger partial charge in [0.2, 0.25) is 0 Å². The number of carbonyl (C=O) groups is 2. The minimum absolute atomic E-state index is 0.00880. The Morgan fingerprint density at radius 3 is 2.53 bits per heavy atom. The van der Waals surface area contributed by atoms with Gasteiger partial charge >= 0.3 is 12.2 Å². The van der Waals surface area contributed by atoms with E-state index in [4.69, 9.17) is 4.74 Å². The number of methoxy groups -OCH3 is 1. The fourth-order valence-corrected chi connectivity index (χ4v) is 5.87. The number of ether oxygens (including phenoxy) is 1. The van der Waals surface area contributed by atoms with Gasteiger partial charge in [-0.25, -0.2) is 4.79 Å². The molecule has 1 aliphatic heterocycles. The van der Waals surface area contributed by atoms with Crippen molar-refractivity contribution in [2.75, 3.05) is 31.4 Å². The number of Topliss-reactive ketones (excluding diaryl/α,β-unsaturated/α-hetero) is 1. The number of rotatable bonds is 6. The summed E-state index contributed by atoms with van der Waals surface area (Å²) < 4.78 is 67.0. The van der Waals surface area contributed by atoms with E-state index in [0.29, 0.717) is 6.42 Å². The molecule has 1 heterocycles. The van der Waals surface area contributed by atoms with E-state index in [1.165, 1.54) is 48.6 Å². The predicted octanol–water partition coefficient (Wildman–Crippen LogP) is 5.95. The van der Waals surface area contributed by atoms with E-state index in [0.717, 1.165) is 17.0 Å². The van der Waals surface area contributed by atoms with Crippen LogP contribution >= 0.6 is 10.6 Å². The molecule has 0 radical (unpaired) electrons. The van der Waals surface area contributed by atoms with Gasteiger partial charge in [0, 0.05) is 43.2 Å². The lowest BCUT2D eigenvalue weighted by molar-refractivity contribution is -0.137. The molecule has 1 unspecified atom stereocenters. The standard InChI is InChI=1S/C26H26F3N3O5S/c1-37-12-11-31-24(19-10-9-16(15-30)13-22(19)38(2,35)36)23-20(7-4-8-21(23)33)32(25(31)34)18-6-3-5-17(14-18)26(27,28)29/h3,5-6,9-10,13-14,24,35-36H,4,7-8,11-12H2,1-2H3. The highest BCUT2D eigenvalue weighted by molar-refractivity contribution is 8.23. The summed E-state index contributed by atoms with van der Waals surface area (Å²) in [6.45, 7) is 0.00529. The first-order valence-electron chi connectivity index (χ1n) is 11.7. The minimum atomic E-state index is -4.64. The Kier molecular flexibility index (Phi) is 7.58. The van der Waals surface area contributed by atoms with Crippen LogP contribution in [0.1, 0.15) is 42.0 Å². The molecule has 4 rings (SSSR count). The summed E-state index contributed by atoms with van der Waals surface area (Å²) in [6.07, 6.45) is -2.64. The van der Waals surface area contributed by atoms with Gasteiger partial charge in [-0.15, -0.1) is 0 Å². The van der Waals surface area contributed by atoms with Crippen molar-refractivity contribution < 1.29 is 36.6 Å². The topological polar surface area (TPSA) is 114 Å². The Balaban J connectivity index is 2.00. The molecule has 2 aliphatic rings. The van der Waals surface area contributed by atoms with Crippen LogP contribution in [-0.4, -0.2) is 52.3 Å². The van der Waals surface area contributed by atoms with E-state index >= 15 is 0 Å². The van der Waals surface area contributed by atoms with Crippen LogP contribution in [0.25, 0.3) is 0 Å². The average molecular weight is 550 g/mol. The van der Waals surface area contributed by atoms with E-state index < -0.39 is 34.4 Å². The summed E-state index contributed by atoms with van der Waals surface area (Å²) in [7, 11) is -2.00. The Morgan fingerprint density at radius 1 is 1.16 bits per heavy atom. The molecule has 1 atom stereocenters. The summed E-state index contributed by atoms with van der Waals surface area (Å²) >= 11 is 0. The molecule has 1 aliphatic carbocycles. The number of amides is 2. The van der Waals surface area contributed by atoms with E-state index in [2.05, 4.69) is 0 Å². The number of ketones is 1. The highest BCUT2D eigenvalue weighted by Crippen LogP contribution is 2.52. The van der Waals surface area contributed by atoms with Crippen LogP contribution in [0.15, 0.2) is 58.6 Å². The minimum Gasteiger partial charge on any atom is -0.383 e. The fraction of sp³-hybridized carbons (Fsp3) is 0.346. The highest BCUT2D eigenvalue weighted by atomic mass is 32.3. The van der Waals surface area contributed by atoms with Gasteiger partial charge in [-0.1, -0.05) is 12.1 Å². The van der Waals surface area contributed by atoms with Crippen molar-refractivity contribution in [1.29, 1.82) is 5.26 Å². The van der Waals surface area contributed by atoms with Gasteiger partial charge in [0.25, 0.3) is 0 Å². The normalized spacial score (nSPS) is 18.9. The van der Waals surface area contributed by atoms with Crippen molar-refractivity contribution in [3.8, 4) is 6.07 Å². The Labute approximate surface area is 219 Å². The van der Waals surface area contributed by atoms with E-state index in [9.17, 15) is 37.1 Å². The maximum absolute atomic E-state index is 14.0. The van der Waals surface area contributed by atoms with Gasteiger partial charge in [0.05, 0.1) is 40.4 Å². The summed E-state index contributed by atoms with van der Waals surface area (Å²) in [5, 5.41) is 9.37. The number of hydrogen-bond acceptors (Lipinski definition) is 6. The molecule has 0 spiro atoms. The maximum Gasteiger partial charge on any atom is 0.416 e. The van der Waals surface area contributed by atoms with Gasteiger partial charge in [-0.05, 0) is 43.2 Å². The number of halogens is 3. The molecule has 0 saturated carbocycles. The number of allylic oxidation sites excluding steroid dienone is 1. The average Bonchev–Trinajstić information content (AvgIpc) is 2.86. The van der Waals surface area contributed by atoms with Crippen LogP contribution in [0.5, 0.6) is 0 Å². The number of urea groups is 1. The molecule has 38 heavy (non-hydrogen) atoms. The predicted molar refractivity (Wildman–Crippen MR) is 135 cm³/mol. The maximum atomic E-state index is 14.0. The Bertz CT molecular complexity index is 1350. The molecule has 2 aromatic rings. The molecular formula is C26H26F3N3O5S. The lowest BCUT2D eigenvalue weighted by atomic mass is 9.83. The van der Waals surface area contributed by atoms with Gasteiger partial charge in [0.1, 0.15) is 0 Å². The SMILES string of the molecule is COCCN1C(=O)N(c2cccc(C(F)(F)F)c2)C2=C(C(=O)CCC2)C1c1ccc(C#N)cc1S(C)(O)O. The molecule has 0 saturated heterocycles. The first kappa shape index (κ1) is 27.7. The number of alkyl halides is 3. The largest absolute Gasteiger partial charge is 0.416 e. The van der Waals surface area contributed by atoms with E-state index in [-0.39, 0.29) is 64.8 Å². The van der Waals surface area contributed by atoms with E-state index in [1.807, 2.05) is 6.07 Å². The third kappa shape index (κ3) is 5.15. The van der Waals surface area contributed by atoms with Crippen LogP contribution in [0.4, 0.5) is 23.7 Å². The van der Waals surface area contributed by atoms with Crippen LogP contribution in [-0.2, 0) is 15.7 Å². The second kappa shape index (κ2) is 10.4. The van der Waals surface area contributed by atoms with Crippen molar-refractivity contribution in [2.24, 2.45) is 0 Å². The molecule has 2 N–H and O–H groups in total. The number of benzene rings is 2. The Hall–Kier alpha value is -3.37. The number of nitrogens with zero attached hydrogens (tertiary/aromatic N) is 3. The molecule has 2 amide bonds. The zero-order chi connectivity index (χ0) is 27.8. The van der Waals surface area contributed by atoms with Crippen LogP contribution < -0.4 is 4.90 Å². The number of hydrogen-bond donors (Lipinski definition) is 2. The molecule has 2 aromatic carbocycles. The monoisotopic (exact) mass is 549 g/mol. The van der Waals surface area contributed by atoms with E-state index in [1.54, 1.807) is 0 Å². The van der Waals surface area contributed by atoms with Crippen molar-refractivity contribution in [2.45, 2.75) is 36.4 Å². The quantitative estimate of drug-likeness (QED) is 0.460. The molecular weight excluding hydrogens is 523 g/mol. The van der Waals surface area contributed by atoms with Crippen molar-refractivity contribution in [1.82, 2.24) is 4.90 Å². The third-order valence-electron chi connectivity index (χ3n) is 6.54. The van der Waals surface area contributed by atoms with Crippen molar-refractivity contribution in [3.63, 3.8) is 0 Å². The molecule has 202 valence electrons. The summed E-state index contributed by atoms with van der Waals surface area (Å²) in [5.41, 5.74) is -0.0981. The first-order valence-corrected chi connectivity index (χ1v) is 13.6. The van der Waals surface area contributed by atoms with Crippen LogP contribution in [0, 0.1) is 11.3 Å². The van der Waals surface area contributed by atoms with Gasteiger partial charge in [-0.2, -0.15) is 29.0 Å². The highest BCUT2D eigenvalue weighted by Gasteiger charge is 2.46. The first-order chi connectivity index (χ1) is 17.9. The molecule has 0 fully saturated rings. The summed E-state index contributed by atoms with van der Waals surface area (Å²) in [4.78, 5) is 29.9. The fourth-order valence-electron chi connectivity index (χ4n) is 4.89. The number of anilines is 1. The van der Waals surface area contributed by atoms with Crippen molar-refractivity contribution >= 4 is 28.1 Å². The summed E-state index contributed by atoms with van der Waals surface area (Å²) in [5.74, 6) is -0.300. The van der Waals surface area contributed by atoms with Crippen molar-refractivity contribution in [3.05, 3.63) is 70.4 Å². The van der Waals surface area contributed by atoms with Gasteiger partial charge in [-0.3, -0.25) is 18.8 Å². The lowest BCUT2D eigenvalue weighted by Gasteiger charge is -2.46. The van der Waals surface area contributed by atoms with Crippen LogP contribution in [0.3, 0.4) is 0 Å². The number of nitriles is 1. The zero-order valence-electron chi connectivity index (χ0n) is 20.7. The third-order valence-corrected chi connectivity index (χ3v) is 7.73. The Morgan fingerprint density at radius 2 is 1.89 bits per heavy atom. The molecule has 0 aromatic heterocycles. The molecule has 8 nitrogen and oxygen atoms in total. The zero-order valence-corrected chi connectivity index (χ0v) is 21.5. The smallest absolute Gasteiger partial charge is 0.383 e. The molecule has 12 heteroatoms. The van der Waals surface area contributed by atoms with Crippen LogP contribution in [0.2, 0.25) is 0 Å². The second-order valence-corrected chi connectivity index (χ2v) is 11.2. The van der Waals surface area contributed by atoms with Gasteiger partial charge in [0.15, 0.2) is 5.78 Å². The lowest BCUT2D eigenvalue weighted by Crippen LogP contribution is -2.53. The molecule has 0 bridgehead atoms. The second-order valence-electron chi connectivity index (χ2n) is 9.09. The summed E-state index contributed by atoms with van der Waals surface area (Å²) in [6, 6.07) is 8.81.